The van der Waals surface area contributed by atoms with Crippen molar-refractivity contribution in [1.29, 1.82) is 0 Å². The van der Waals surface area contributed by atoms with Crippen LogP contribution >= 0.6 is 23.2 Å². The largest absolute Gasteiger partial charge is 0.405 e. The van der Waals surface area contributed by atoms with Gasteiger partial charge in [-0.1, -0.05) is 35.3 Å². The van der Waals surface area contributed by atoms with E-state index in [9.17, 15) is 4.79 Å². The minimum absolute atomic E-state index is 0.304. The lowest BCUT2D eigenvalue weighted by molar-refractivity contribution is -0.750. The summed E-state index contributed by atoms with van der Waals surface area (Å²) in [5.74, 6) is 0.160. The van der Waals surface area contributed by atoms with Gasteiger partial charge in [-0.3, -0.25) is 15.1 Å². The van der Waals surface area contributed by atoms with E-state index in [1.807, 2.05) is 6.07 Å². The number of carbonyl (C=O) groups excluding carboxylic acids is 1. The molecule has 27 heavy (non-hydrogen) atoms. The van der Waals surface area contributed by atoms with E-state index in [1.165, 1.54) is 0 Å². The van der Waals surface area contributed by atoms with Crippen LogP contribution in [0.15, 0.2) is 54.0 Å². The molecular formula is C17H14Cl2N7O+. The number of anilines is 2. The quantitative estimate of drug-likeness (QED) is 0.584. The number of nitrogens with zero attached hydrogens (tertiary/aromatic N) is 4. The highest BCUT2D eigenvalue weighted by Gasteiger charge is 2.39. The van der Waals surface area contributed by atoms with Crippen molar-refractivity contribution < 1.29 is 9.48 Å². The molecule has 1 aromatic carbocycles. The second-order valence-corrected chi connectivity index (χ2v) is 6.68. The normalized spacial score (nSPS) is 15.9. The highest BCUT2D eigenvalue weighted by molar-refractivity contribution is 6.42. The van der Waals surface area contributed by atoms with Crippen LogP contribution in [0.2, 0.25) is 10.0 Å². The number of hydrogen-bond donors (Lipinski definition) is 3. The van der Waals surface area contributed by atoms with E-state index in [0.29, 0.717) is 38.5 Å². The molecule has 0 saturated carbocycles. The molecule has 2 aromatic heterocycles. The van der Waals surface area contributed by atoms with Gasteiger partial charge in [0, 0.05) is 11.8 Å². The number of carbonyl (C=O) groups is 1. The van der Waals surface area contributed by atoms with Crippen molar-refractivity contribution >= 4 is 40.7 Å². The smallest absolute Gasteiger partial charge is 0.321 e. The molecule has 1 aliphatic rings. The van der Waals surface area contributed by atoms with Crippen molar-refractivity contribution in [3.63, 3.8) is 0 Å². The predicted molar refractivity (Wildman–Crippen MR) is 100 cm³/mol. The number of rotatable bonds is 3. The second-order valence-electron chi connectivity index (χ2n) is 5.90. The summed E-state index contributed by atoms with van der Waals surface area (Å²) in [4.78, 5) is 17.1. The van der Waals surface area contributed by atoms with Gasteiger partial charge in [-0.15, -0.1) is 9.90 Å². The van der Waals surface area contributed by atoms with Crippen LogP contribution in [0, 0.1) is 0 Å². The number of nitrogens with one attached hydrogen (secondary N) is 3. The van der Waals surface area contributed by atoms with E-state index in [0.717, 1.165) is 0 Å². The Kier molecular flexibility index (Phi) is 4.51. The Morgan fingerprint density at radius 1 is 1.26 bits per heavy atom. The third-order valence-electron chi connectivity index (χ3n) is 4.20. The molecule has 1 aliphatic heterocycles. The minimum Gasteiger partial charge on any atom is -0.321 e. The Balaban J connectivity index is 1.82. The first-order valence-corrected chi connectivity index (χ1v) is 8.77. The van der Waals surface area contributed by atoms with Gasteiger partial charge in [-0.25, -0.2) is 0 Å². The molecule has 3 N–H and O–H groups in total. The van der Waals surface area contributed by atoms with Gasteiger partial charge in [0.1, 0.15) is 5.21 Å². The van der Waals surface area contributed by atoms with E-state index in [1.54, 1.807) is 48.3 Å². The fraction of sp³-hybridized carbons (Fsp3) is 0.118. The lowest BCUT2D eigenvalue weighted by Crippen LogP contribution is -2.50. The van der Waals surface area contributed by atoms with Crippen LogP contribution in [0.4, 0.5) is 11.6 Å². The third-order valence-corrected chi connectivity index (χ3v) is 5.03. The second kappa shape index (κ2) is 6.98. The van der Waals surface area contributed by atoms with Gasteiger partial charge in [-0.2, -0.15) is 0 Å². The van der Waals surface area contributed by atoms with Crippen LogP contribution in [0.5, 0.6) is 0 Å². The molecule has 1 atom stereocenters. The maximum absolute atomic E-state index is 13.1. The number of halogens is 2. The van der Waals surface area contributed by atoms with Gasteiger partial charge in [0.25, 0.3) is 5.91 Å². The number of pyridine rings is 1. The summed E-state index contributed by atoms with van der Waals surface area (Å²) in [5, 5.41) is 17.3. The van der Waals surface area contributed by atoms with E-state index >= 15 is 0 Å². The van der Waals surface area contributed by atoms with Crippen molar-refractivity contribution in [1.82, 2.24) is 20.5 Å². The highest BCUT2D eigenvalue weighted by atomic mass is 35.5. The molecule has 0 fully saturated rings. The number of hydrogen-bond acceptors (Lipinski definition) is 5. The SMILES string of the molecule is CC1=C(C(=O)Nc2cccnc2)C(c2cccc(Cl)c2Cl)[n+]2[nH]nnc2N1. The molecule has 0 saturated heterocycles. The first-order valence-electron chi connectivity index (χ1n) is 8.02. The Morgan fingerprint density at radius 3 is 2.89 bits per heavy atom. The van der Waals surface area contributed by atoms with Crippen molar-refractivity contribution in [3.05, 3.63) is 69.6 Å². The van der Waals surface area contributed by atoms with Gasteiger partial charge >= 0.3 is 5.95 Å². The number of tetrazole rings is 1. The molecule has 0 aliphatic carbocycles. The number of H-pyrrole nitrogens is 1. The highest BCUT2D eigenvalue weighted by Crippen LogP contribution is 2.36. The lowest BCUT2D eigenvalue weighted by Gasteiger charge is -2.25. The average Bonchev–Trinajstić information content (AvgIpc) is 3.12. The van der Waals surface area contributed by atoms with Crippen molar-refractivity contribution in [2.75, 3.05) is 10.6 Å². The first-order chi connectivity index (χ1) is 13.1. The summed E-state index contributed by atoms with van der Waals surface area (Å²) in [5.41, 5.74) is 2.31. The molecule has 0 radical (unpaired) electrons. The van der Waals surface area contributed by atoms with Gasteiger partial charge in [0.15, 0.2) is 6.04 Å². The molecule has 3 aromatic rings. The van der Waals surface area contributed by atoms with E-state index in [-0.39, 0.29) is 5.91 Å². The molecule has 1 amide bonds. The van der Waals surface area contributed by atoms with Crippen molar-refractivity contribution in [3.8, 4) is 0 Å². The molecule has 8 nitrogen and oxygen atoms in total. The zero-order valence-corrected chi connectivity index (χ0v) is 15.6. The van der Waals surface area contributed by atoms with Crippen LogP contribution in [-0.2, 0) is 4.79 Å². The number of benzene rings is 1. The van der Waals surface area contributed by atoms with E-state index < -0.39 is 6.04 Å². The third kappa shape index (κ3) is 3.13. The maximum atomic E-state index is 13.1. The molecule has 0 spiro atoms. The Morgan fingerprint density at radius 2 is 2.11 bits per heavy atom. The summed E-state index contributed by atoms with van der Waals surface area (Å²) in [7, 11) is 0. The summed E-state index contributed by atoms with van der Waals surface area (Å²) >= 11 is 12.7. The number of aromatic amines is 1. The molecule has 0 bridgehead atoms. The minimum atomic E-state index is -0.584. The Labute approximate surface area is 164 Å². The zero-order valence-electron chi connectivity index (χ0n) is 14.1. The molecular weight excluding hydrogens is 389 g/mol. The predicted octanol–water partition coefficient (Wildman–Crippen LogP) is 2.72. The molecule has 10 heteroatoms. The van der Waals surface area contributed by atoms with Crippen LogP contribution in [0.25, 0.3) is 0 Å². The van der Waals surface area contributed by atoms with Crippen LogP contribution in [-0.4, -0.2) is 26.4 Å². The Hall–Kier alpha value is -2.97. The van der Waals surface area contributed by atoms with Gasteiger partial charge < -0.3 is 5.32 Å². The van der Waals surface area contributed by atoms with Crippen LogP contribution in [0.1, 0.15) is 18.5 Å². The van der Waals surface area contributed by atoms with Crippen LogP contribution < -0.4 is 15.3 Å². The Bertz CT molecular complexity index is 1050. The summed E-state index contributed by atoms with van der Waals surface area (Å²) < 4.78 is 1.63. The molecule has 4 rings (SSSR count). The first kappa shape index (κ1) is 17.4. The van der Waals surface area contributed by atoms with Crippen molar-refractivity contribution in [2.24, 2.45) is 0 Å². The van der Waals surface area contributed by atoms with Gasteiger partial charge in [0.2, 0.25) is 0 Å². The summed E-state index contributed by atoms with van der Waals surface area (Å²) in [6.45, 7) is 1.79. The molecule has 1 unspecified atom stereocenters. The van der Waals surface area contributed by atoms with E-state index in [4.69, 9.17) is 23.2 Å². The fourth-order valence-corrected chi connectivity index (χ4v) is 3.41. The monoisotopic (exact) mass is 402 g/mol. The van der Waals surface area contributed by atoms with E-state index in [2.05, 4.69) is 31.1 Å². The van der Waals surface area contributed by atoms with Crippen molar-refractivity contribution in [2.45, 2.75) is 13.0 Å². The molecule has 136 valence electrons. The summed E-state index contributed by atoms with van der Waals surface area (Å²) in [6.07, 6.45) is 3.21. The molecule has 3 heterocycles. The topological polar surface area (TPSA) is 99.5 Å². The van der Waals surface area contributed by atoms with Crippen LogP contribution in [0.3, 0.4) is 0 Å². The standard InChI is InChI=1S/C17H13Cl2N7O/c1-9-13(16(27)22-10-4-3-7-20-8-10)15(26-17(21-9)23-24-25-26)11-5-2-6-12(18)14(11)19/h2-8,15H,1H3,(H2,21,22,23,25,27)/p+1. The maximum Gasteiger partial charge on any atom is 0.405 e. The number of allylic oxidation sites excluding steroid dienone is 1. The lowest BCUT2D eigenvalue weighted by atomic mass is 9.95. The summed E-state index contributed by atoms with van der Waals surface area (Å²) in [6, 6.07) is 8.20. The number of aromatic nitrogens is 5. The van der Waals surface area contributed by atoms with Gasteiger partial charge in [0.05, 0.1) is 38.3 Å². The zero-order chi connectivity index (χ0) is 19.0. The fourth-order valence-electron chi connectivity index (χ4n) is 3.00. The average molecular weight is 403 g/mol. The number of fused-ring (bicyclic) bond motifs is 1. The number of amides is 1. The van der Waals surface area contributed by atoms with Gasteiger partial charge in [-0.05, 0) is 25.1 Å².